The zero-order valence-electron chi connectivity index (χ0n) is 11.2. The van der Waals surface area contributed by atoms with Crippen LogP contribution in [-0.2, 0) is 17.9 Å². The van der Waals surface area contributed by atoms with Crippen molar-refractivity contribution >= 4 is 21.6 Å². The maximum absolute atomic E-state index is 5.54. The fraction of sp³-hybridized carbons (Fsp3) is 0.235. The van der Waals surface area contributed by atoms with E-state index in [2.05, 4.69) is 51.4 Å². The van der Waals surface area contributed by atoms with E-state index < -0.39 is 0 Å². The minimum Gasteiger partial charge on any atom is -0.391 e. The van der Waals surface area contributed by atoms with Gasteiger partial charge in [0.25, 0.3) is 0 Å². The number of hydrogen-bond acceptors (Lipinski definition) is 2. The highest BCUT2D eigenvalue weighted by molar-refractivity contribution is 9.10. The monoisotopic (exact) mass is 329 g/mol. The third kappa shape index (κ3) is 3.10. The molecule has 3 rings (SSSR count). The number of benzene rings is 2. The summed E-state index contributed by atoms with van der Waals surface area (Å²) >= 11 is 3.46. The van der Waals surface area contributed by atoms with Crippen LogP contribution >= 0.6 is 15.9 Å². The second-order valence-corrected chi connectivity index (χ2v) is 5.87. The lowest BCUT2D eigenvalue weighted by molar-refractivity contribution is 0.130. The Hall–Kier alpha value is -1.61. The first-order valence-electron chi connectivity index (χ1n) is 6.84. The highest BCUT2D eigenvalue weighted by Crippen LogP contribution is 2.21. The minimum atomic E-state index is 0.505. The van der Waals surface area contributed by atoms with Crippen molar-refractivity contribution in [3.63, 3.8) is 0 Å². The summed E-state index contributed by atoms with van der Waals surface area (Å²) in [4.78, 5) is 5.54. The molecule has 0 atom stereocenters. The molecule has 0 aromatic heterocycles. The van der Waals surface area contributed by atoms with Crippen LogP contribution in [0.1, 0.15) is 29.5 Å². The SMILES string of the molecule is Brc1cccc(CO/N=C2\CCCc3ccccc32)c1. The molecule has 1 aliphatic carbocycles. The van der Waals surface area contributed by atoms with Gasteiger partial charge in [-0.15, -0.1) is 0 Å². The Balaban J connectivity index is 1.71. The summed E-state index contributed by atoms with van der Waals surface area (Å²) in [7, 11) is 0. The maximum Gasteiger partial charge on any atom is 0.142 e. The molecular formula is C17H16BrNO. The van der Waals surface area contributed by atoms with Crippen LogP contribution in [-0.4, -0.2) is 5.71 Å². The van der Waals surface area contributed by atoms with Crippen molar-refractivity contribution in [2.75, 3.05) is 0 Å². The number of oxime groups is 1. The Morgan fingerprint density at radius 2 is 1.95 bits per heavy atom. The average molecular weight is 330 g/mol. The standard InChI is InChI=1S/C17H16BrNO/c18-15-8-3-5-13(11-15)12-20-19-17-10-4-7-14-6-1-2-9-16(14)17/h1-3,5-6,8-9,11H,4,7,10,12H2/b19-17+. The van der Waals surface area contributed by atoms with Gasteiger partial charge >= 0.3 is 0 Å². The number of aryl methyl sites for hydroxylation is 1. The molecule has 1 aliphatic rings. The molecule has 3 heteroatoms. The smallest absolute Gasteiger partial charge is 0.142 e. The molecule has 20 heavy (non-hydrogen) atoms. The number of rotatable bonds is 3. The molecule has 2 nitrogen and oxygen atoms in total. The summed E-state index contributed by atoms with van der Waals surface area (Å²) in [5, 5.41) is 4.35. The molecule has 0 unspecified atom stereocenters. The molecule has 0 N–H and O–H groups in total. The molecule has 0 bridgehead atoms. The highest BCUT2D eigenvalue weighted by Gasteiger charge is 2.15. The van der Waals surface area contributed by atoms with Crippen molar-refractivity contribution in [1.29, 1.82) is 0 Å². The molecule has 0 aliphatic heterocycles. The van der Waals surface area contributed by atoms with Gasteiger partial charge in [0.1, 0.15) is 6.61 Å². The van der Waals surface area contributed by atoms with Gasteiger partial charge in [-0.05, 0) is 42.5 Å². The van der Waals surface area contributed by atoms with Gasteiger partial charge in [-0.3, -0.25) is 0 Å². The molecule has 0 spiro atoms. The van der Waals surface area contributed by atoms with Crippen LogP contribution in [0.5, 0.6) is 0 Å². The largest absolute Gasteiger partial charge is 0.391 e. The van der Waals surface area contributed by atoms with Crippen molar-refractivity contribution < 1.29 is 4.84 Å². The van der Waals surface area contributed by atoms with Gasteiger partial charge in [0.2, 0.25) is 0 Å². The Morgan fingerprint density at radius 1 is 1.05 bits per heavy atom. The molecule has 0 fully saturated rings. The predicted molar refractivity (Wildman–Crippen MR) is 84.8 cm³/mol. The lowest BCUT2D eigenvalue weighted by Gasteiger charge is -2.16. The topological polar surface area (TPSA) is 21.6 Å². The summed E-state index contributed by atoms with van der Waals surface area (Å²) < 4.78 is 1.06. The third-order valence-corrected chi connectivity index (χ3v) is 3.98. The van der Waals surface area contributed by atoms with Crippen molar-refractivity contribution in [2.24, 2.45) is 5.16 Å². The second kappa shape index (κ2) is 6.23. The lowest BCUT2D eigenvalue weighted by atomic mass is 9.90. The summed E-state index contributed by atoms with van der Waals surface area (Å²) in [5.41, 5.74) is 4.81. The van der Waals surface area contributed by atoms with Gasteiger partial charge in [0, 0.05) is 10.0 Å². The maximum atomic E-state index is 5.54. The molecule has 0 amide bonds. The van der Waals surface area contributed by atoms with E-state index in [4.69, 9.17) is 4.84 Å². The van der Waals surface area contributed by atoms with Gasteiger partial charge < -0.3 is 4.84 Å². The van der Waals surface area contributed by atoms with Gasteiger partial charge in [0.05, 0.1) is 5.71 Å². The summed E-state index contributed by atoms with van der Waals surface area (Å²) in [6.45, 7) is 0.505. The molecule has 0 radical (unpaired) electrons. The van der Waals surface area contributed by atoms with E-state index in [1.165, 1.54) is 11.1 Å². The fourth-order valence-electron chi connectivity index (χ4n) is 2.51. The Kier molecular flexibility index (Phi) is 4.16. The van der Waals surface area contributed by atoms with Crippen LogP contribution in [0, 0.1) is 0 Å². The number of hydrogen-bond donors (Lipinski definition) is 0. The van der Waals surface area contributed by atoms with Gasteiger partial charge in [0.15, 0.2) is 0 Å². The highest BCUT2D eigenvalue weighted by atomic mass is 79.9. The number of fused-ring (bicyclic) bond motifs is 1. The molecule has 0 heterocycles. The Bertz CT molecular complexity index is 636. The van der Waals surface area contributed by atoms with E-state index in [0.29, 0.717) is 6.61 Å². The van der Waals surface area contributed by atoms with E-state index in [9.17, 15) is 0 Å². The second-order valence-electron chi connectivity index (χ2n) is 4.95. The number of nitrogens with zero attached hydrogens (tertiary/aromatic N) is 1. The quantitative estimate of drug-likeness (QED) is 0.747. The first-order valence-corrected chi connectivity index (χ1v) is 7.64. The number of halogens is 1. The van der Waals surface area contributed by atoms with E-state index in [1.54, 1.807) is 0 Å². The first kappa shape index (κ1) is 13.4. The van der Waals surface area contributed by atoms with Gasteiger partial charge in [-0.25, -0.2) is 0 Å². The van der Waals surface area contributed by atoms with Gasteiger partial charge in [-0.1, -0.05) is 57.5 Å². The van der Waals surface area contributed by atoms with Crippen molar-refractivity contribution in [1.82, 2.24) is 0 Å². The third-order valence-electron chi connectivity index (χ3n) is 3.48. The van der Waals surface area contributed by atoms with Crippen molar-refractivity contribution in [3.8, 4) is 0 Å². The Labute approximate surface area is 127 Å². The molecule has 2 aromatic carbocycles. The molecule has 0 saturated carbocycles. The van der Waals surface area contributed by atoms with Crippen LogP contribution in [0.4, 0.5) is 0 Å². The van der Waals surface area contributed by atoms with Crippen LogP contribution < -0.4 is 0 Å². The minimum absolute atomic E-state index is 0.505. The molecule has 102 valence electrons. The Morgan fingerprint density at radius 3 is 2.85 bits per heavy atom. The van der Waals surface area contributed by atoms with Gasteiger partial charge in [-0.2, -0.15) is 0 Å². The first-order chi connectivity index (χ1) is 9.83. The van der Waals surface area contributed by atoms with E-state index >= 15 is 0 Å². The summed E-state index contributed by atoms with van der Waals surface area (Å²) in [6.07, 6.45) is 3.28. The zero-order valence-corrected chi connectivity index (χ0v) is 12.8. The zero-order chi connectivity index (χ0) is 13.8. The van der Waals surface area contributed by atoms with Crippen LogP contribution in [0.3, 0.4) is 0 Å². The summed E-state index contributed by atoms with van der Waals surface area (Å²) in [5.74, 6) is 0. The lowest BCUT2D eigenvalue weighted by Crippen LogP contribution is -2.12. The fourth-order valence-corrected chi connectivity index (χ4v) is 2.95. The van der Waals surface area contributed by atoms with Crippen LogP contribution in [0.2, 0.25) is 0 Å². The van der Waals surface area contributed by atoms with Crippen LogP contribution in [0.15, 0.2) is 58.2 Å². The normalized spacial score (nSPS) is 15.9. The average Bonchev–Trinajstić information content (AvgIpc) is 2.48. The summed E-state index contributed by atoms with van der Waals surface area (Å²) in [6, 6.07) is 16.6. The molecule has 2 aromatic rings. The van der Waals surface area contributed by atoms with E-state index in [0.717, 1.165) is 35.0 Å². The van der Waals surface area contributed by atoms with Crippen molar-refractivity contribution in [3.05, 3.63) is 69.7 Å². The predicted octanol–water partition coefficient (Wildman–Crippen LogP) is 4.71. The molecule has 0 saturated heterocycles. The van der Waals surface area contributed by atoms with E-state index in [-0.39, 0.29) is 0 Å². The molecular weight excluding hydrogens is 314 g/mol. The van der Waals surface area contributed by atoms with E-state index in [1.807, 2.05) is 18.2 Å². The van der Waals surface area contributed by atoms with Crippen LogP contribution in [0.25, 0.3) is 0 Å². The van der Waals surface area contributed by atoms with Crippen molar-refractivity contribution in [2.45, 2.75) is 25.9 Å².